The van der Waals surface area contributed by atoms with Gasteiger partial charge in [0.05, 0.1) is 0 Å². The van der Waals surface area contributed by atoms with E-state index in [0.29, 0.717) is 13.2 Å². The third-order valence-electron chi connectivity index (χ3n) is 1.81. The lowest BCUT2D eigenvalue weighted by molar-refractivity contribution is 0.148. The molecule has 13 heavy (non-hydrogen) atoms. The third-order valence-corrected chi connectivity index (χ3v) is 5.42. The van der Waals surface area contributed by atoms with Crippen molar-refractivity contribution >= 4 is 8.72 Å². The largest absolute Gasteiger partial charge is 0.457 e. The lowest BCUT2D eigenvalue weighted by atomic mass is 10.8. The fraction of sp³-hybridized carbons (Fsp3) is 0.778. The van der Waals surface area contributed by atoms with Crippen molar-refractivity contribution in [1.82, 2.24) is 4.57 Å². The lowest BCUT2D eigenvalue weighted by Crippen LogP contribution is -2.56. The van der Waals surface area contributed by atoms with Gasteiger partial charge in [0.25, 0.3) is 0 Å². The molecule has 0 saturated heterocycles. The van der Waals surface area contributed by atoms with E-state index in [1.54, 1.807) is 0 Å². The molecular weight excluding hydrogens is 182 g/mol. The van der Waals surface area contributed by atoms with Crippen LogP contribution in [0.4, 0.5) is 0 Å². The van der Waals surface area contributed by atoms with Crippen molar-refractivity contribution in [3.8, 4) is 0 Å². The van der Waals surface area contributed by atoms with Crippen molar-refractivity contribution in [1.29, 1.82) is 0 Å². The SMILES string of the molecule is C=C(C)[Si](OCC)(OCC)N(C)C. The first-order chi connectivity index (χ1) is 6.01. The number of rotatable bonds is 6. The Labute approximate surface area is 82.7 Å². The molecule has 0 bridgehead atoms. The first-order valence-electron chi connectivity index (χ1n) is 4.62. The van der Waals surface area contributed by atoms with Gasteiger partial charge in [-0.3, -0.25) is 4.57 Å². The molecule has 0 aromatic heterocycles. The molecule has 0 N–H and O–H groups in total. The van der Waals surface area contributed by atoms with Crippen LogP contribution in [-0.4, -0.2) is 40.6 Å². The molecule has 0 amide bonds. The Morgan fingerprint density at radius 1 is 1.23 bits per heavy atom. The van der Waals surface area contributed by atoms with Gasteiger partial charge >= 0.3 is 8.72 Å². The highest BCUT2D eigenvalue weighted by atomic mass is 28.4. The summed E-state index contributed by atoms with van der Waals surface area (Å²) in [5.74, 6) is 0. The Morgan fingerprint density at radius 3 is 1.77 bits per heavy atom. The van der Waals surface area contributed by atoms with Gasteiger partial charge in [-0.25, -0.2) is 0 Å². The van der Waals surface area contributed by atoms with E-state index in [1.165, 1.54) is 0 Å². The summed E-state index contributed by atoms with van der Waals surface area (Å²) < 4.78 is 13.5. The van der Waals surface area contributed by atoms with Gasteiger partial charge in [-0.2, -0.15) is 0 Å². The van der Waals surface area contributed by atoms with Crippen molar-refractivity contribution in [3.05, 3.63) is 11.8 Å². The summed E-state index contributed by atoms with van der Waals surface area (Å²) in [7, 11) is 1.65. The van der Waals surface area contributed by atoms with E-state index in [4.69, 9.17) is 8.85 Å². The monoisotopic (exact) mass is 203 g/mol. The van der Waals surface area contributed by atoms with Crippen LogP contribution in [0.3, 0.4) is 0 Å². The van der Waals surface area contributed by atoms with E-state index in [9.17, 15) is 0 Å². The number of allylic oxidation sites excluding steroid dienone is 1. The molecule has 4 heteroatoms. The predicted octanol–water partition coefficient (Wildman–Crippen LogP) is 1.68. The molecule has 3 nitrogen and oxygen atoms in total. The highest BCUT2D eigenvalue weighted by Crippen LogP contribution is 2.18. The molecule has 0 fully saturated rings. The van der Waals surface area contributed by atoms with E-state index in [0.717, 1.165) is 5.20 Å². The van der Waals surface area contributed by atoms with Crippen molar-refractivity contribution < 1.29 is 8.85 Å². The van der Waals surface area contributed by atoms with Crippen LogP contribution in [0.15, 0.2) is 11.8 Å². The molecular formula is C9H21NO2Si. The fourth-order valence-corrected chi connectivity index (χ4v) is 3.96. The minimum atomic E-state index is -2.31. The fourth-order valence-electron chi connectivity index (χ4n) is 1.32. The molecule has 0 heterocycles. The van der Waals surface area contributed by atoms with Crippen LogP contribution in [0.25, 0.3) is 0 Å². The molecule has 0 aromatic carbocycles. The van der Waals surface area contributed by atoms with Gasteiger partial charge in [-0.15, -0.1) is 0 Å². The molecule has 0 aliphatic heterocycles. The molecule has 0 aliphatic rings. The molecule has 0 rings (SSSR count). The van der Waals surface area contributed by atoms with Crippen molar-refractivity contribution in [2.24, 2.45) is 0 Å². The number of hydrogen-bond acceptors (Lipinski definition) is 3. The maximum Gasteiger partial charge on any atom is 0.457 e. The average Bonchev–Trinajstić information content (AvgIpc) is 2.03. The van der Waals surface area contributed by atoms with E-state index < -0.39 is 8.72 Å². The highest BCUT2D eigenvalue weighted by Gasteiger charge is 2.42. The summed E-state index contributed by atoms with van der Waals surface area (Å²) in [6.07, 6.45) is 0. The topological polar surface area (TPSA) is 21.7 Å². The second-order valence-electron chi connectivity index (χ2n) is 3.12. The zero-order valence-corrected chi connectivity index (χ0v) is 10.4. The summed E-state index contributed by atoms with van der Waals surface area (Å²) in [6.45, 7) is 11.2. The zero-order chi connectivity index (χ0) is 10.5. The third kappa shape index (κ3) is 2.91. The first kappa shape index (κ1) is 12.8. The molecule has 0 aliphatic carbocycles. The highest BCUT2D eigenvalue weighted by molar-refractivity contribution is 6.71. The first-order valence-corrected chi connectivity index (χ1v) is 6.39. The van der Waals surface area contributed by atoms with Crippen LogP contribution in [-0.2, 0) is 8.85 Å². The second-order valence-corrected chi connectivity index (χ2v) is 6.61. The lowest BCUT2D eigenvalue weighted by Gasteiger charge is -2.35. The van der Waals surface area contributed by atoms with Gasteiger partial charge in [0.2, 0.25) is 0 Å². The normalized spacial score (nSPS) is 12.2. The molecule has 0 unspecified atom stereocenters. The second kappa shape index (κ2) is 5.54. The molecule has 78 valence electrons. The van der Waals surface area contributed by atoms with Crippen molar-refractivity contribution in [2.45, 2.75) is 20.8 Å². The van der Waals surface area contributed by atoms with E-state index in [1.807, 2.05) is 39.4 Å². The number of hydrogen-bond donors (Lipinski definition) is 0. The molecule has 0 spiro atoms. The van der Waals surface area contributed by atoms with E-state index >= 15 is 0 Å². The Balaban J connectivity index is 4.69. The zero-order valence-electron chi connectivity index (χ0n) is 9.39. The average molecular weight is 203 g/mol. The van der Waals surface area contributed by atoms with Gasteiger partial charge < -0.3 is 8.85 Å². The maximum absolute atomic E-state index is 5.74. The van der Waals surface area contributed by atoms with Crippen LogP contribution < -0.4 is 0 Å². The summed E-state index contributed by atoms with van der Waals surface area (Å²) >= 11 is 0. The Morgan fingerprint density at radius 2 is 1.62 bits per heavy atom. The quantitative estimate of drug-likeness (QED) is 0.613. The minimum Gasteiger partial charge on any atom is -0.380 e. The van der Waals surface area contributed by atoms with Crippen LogP contribution in [0, 0.1) is 0 Å². The van der Waals surface area contributed by atoms with Crippen molar-refractivity contribution in [2.75, 3.05) is 27.3 Å². The Kier molecular flexibility index (Phi) is 5.47. The predicted molar refractivity (Wildman–Crippen MR) is 57.5 cm³/mol. The minimum absolute atomic E-state index is 0.664. The molecule has 0 radical (unpaired) electrons. The summed E-state index contributed by atoms with van der Waals surface area (Å²) in [5.41, 5.74) is 0. The summed E-state index contributed by atoms with van der Waals surface area (Å²) in [6, 6.07) is 0. The van der Waals surface area contributed by atoms with Gasteiger partial charge in [0.1, 0.15) is 0 Å². The van der Waals surface area contributed by atoms with Crippen LogP contribution >= 0.6 is 0 Å². The maximum atomic E-state index is 5.74. The Bertz CT molecular complexity index is 165. The van der Waals surface area contributed by atoms with E-state index in [-0.39, 0.29) is 0 Å². The molecule has 0 aromatic rings. The van der Waals surface area contributed by atoms with Crippen LogP contribution in [0.2, 0.25) is 0 Å². The van der Waals surface area contributed by atoms with E-state index in [2.05, 4.69) is 6.58 Å². The summed E-state index contributed by atoms with van der Waals surface area (Å²) in [4.78, 5) is 0. The van der Waals surface area contributed by atoms with Gasteiger partial charge in [0, 0.05) is 13.2 Å². The van der Waals surface area contributed by atoms with Gasteiger partial charge in [0.15, 0.2) is 0 Å². The molecule has 0 atom stereocenters. The molecule has 0 saturated carbocycles. The van der Waals surface area contributed by atoms with Crippen LogP contribution in [0.5, 0.6) is 0 Å². The number of nitrogens with zero attached hydrogens (tertiary/aromatic N) is 1. The smallest absolute Gasteiger partial charge is 0.380 e. The van der Waals surface area contributed by atoms with Crippen molar-refractivity contribution in [3.63, 3.8) is 0 Å². The standard InChI is InChI=1S/C9H21NO2Si/c1-7-11-13(9(3)4,10(5)6)12-8-2/h3,7-8H2,1-2,4-6H3. The van der Waals surface area contributed by atoms with Gasteiger partial charge in [-0.1, -0.05) is 6.58 Å². The Hall–Kier alpha value is -0.163. The van der Waals surface area contributed by atoms with Crippen LogP contribution in [0.1, 0.15) is 20.8 Å². The van der Waals surface area contributed by atoms with Gasteiger partial charge in [-0.05, 0) is 40.1 Å². The summed E-state index contributed by atoms with van der Waals surface area (Å²) in [5, 5.41) is 1.00.